The van der Waals surface area contributed by atoms with E-state index in [0.29, 0.717) is 11.4 Å². The molecular weight excluding hydrogens is 388 g/mol. The van der Waals surface area contributed by atoms with Crippen molar-refractivity contribution < 1.29 is 9.59 Å². The quantitative estimate of drug-likeness (QED) is 0.679. The smallest absolute Gasteiger partial charge is 0.315 e. The minimum absolute atomic E-state index is 0.175. The van der Waals surface area contributed by atoms with E-state index in [-0.39, 0.29) is 11.9 Å². The molecule has 3 aromatic carbocycles. The summed E-state index contributed by atoms with van der Waals surface area (Å²) in [4.78, 5) is 26.9. The van der Waals surface area contributed by atoms with Crippen LogP contribution in [0.1, 0.15) is 30.1 Å². The number of nitrogens with zero attached hydrogens (tertiary/aromatic N) is 2. The normalized spacial score (nSPS) is 25.2. The maximum Gasteiger partial charge on any atom is 0.315 e. The van der Waals surface area contributed by atoms with Crippen LogP contribution in [-0.2, 0) is 4.79 Å². The van der Waals surface area contributed by atoms with Gasteiger partial charge in [-0.2, -0.15) is 10.1 Å². The van der Waals surface area contributed by atoms with Crippen molar-refractivity contribution in [2.45, 2.75) is 19.0 Å². The van der Waals surface area contributed by atoms with Crippen molar-refractivity contribution in [3.8, 4) is 0 Å². The van der Waals surface area contributed by atoms with Crippen LogP contribution in [0.25, 0.3) is 0 Å². The van der Waals surface area contributed by atoms with E-state index in [1.165, 1.54) is 5.01 Å². The van der Waals surface area contributed by atoms with Gasteiger partial charge in [-0.25, -0.2) is 4.79 Å². The number of hydrogen-bond donors (Lipinski definition) is 2. The molecule has 6 nitrogen and oxygen atoms in total. The van der Waals surface area contributed by atoms with Gasteiger partial charge < -0.3 is 10.6 Å². The molecule has 1 unspecified atom stereocenters. The maximum absolute atomic E-state index is 14.2. The van der Waals surface area contributed by atoms with Gasteiger partial charge >= 0.3 is 6.03 Å². The van der Waals surface area contributed by atoms with Crippen molar-refractivity contribution in [1.82, 2.24) is 10.6 Å². The lowest BCUT2D eigenvalue weighted by atomic mass is 9.65. The highest BCUT2D eigenvalue weighted by molar-refractivity contribution is 6.20. The summed E-state index contributed by atoms with van der Waals surface area (Å²) in [7, 11) is 0. The number of amides is 3. The minimum Gasteiger partial charge on any atom is -0.330 e. The summed E-state index contributed by atoms with van der Waals surface area (Å²) >= 11 is 0. The van der Waals surface area contributed by atoms with Gasteiger partial charge in [0.25, 0.3) is 5.91 Å². The molecule has 1 fully saturated rings. The fourth-order valence-corrected chi connectivity index (χ4v) is 4.70. The largest absolute Gasteiger partial charge is 0.330 e. The molecule has 2 heterocycles. The monoisotopic (exact) mass is 410 g/mol. The molecule has 1 spiro atoms. The first-order valence-corrected chi connectivity index (χ1v) is 10.2. The Bertz CT molecular complexity index is 1090. The SMILES string of the molecule is CC1=NN(c2ccccc2)C(=O)C12[C@@H](c1ccccc1)NC(=O)N[C@H]2c1ccccc1. The van der Waals surface area contributed by atoms with E-state index in [9.17, 15) is 9.59 Å². The summed E-state index contributed by atoms with van der Waals surface area (Å²) in [5.74, 6) is -0.175. The van der Waals surface area contributed by atoms with Gasteiger partial charge in [0.05, 0.1) is 23.5 Å². The number of hydrazone groups is 1. The summed E-state index contributed by atoms with van der Waals surface area (Å²) in [6, 6.07) is 27.1. The molecule has 154 valence electrons. The Labute approximate surface area is 180 Å². The number of para-hydroxylation sites is 1. The van der Waals surface area contributed by atoms with Crippen LogP contribution in [0.15, 0.2) is 96.1 Å². The molecule has 0 aromatic heterocycles. The predicted molar refractivity (Wildman–Crippen MR) is 120 cm³/mol. The first-order valence-electron chi connectivity index (χ1n) is 10.2. The molecule has 31 heavy (non-hydrogen) atoms. The Morgan fingerprint density at radius 3 is 1.68 bits per heavy atom. The second-order valence-electron chi connectivity index (χ2n) is 7.81. The highest BCUT2D eigenvalue weighted by atomic mass is 16.2. The van der Waals surface area contributed by atoms with Crippen LogP contribution >= 0.6 is 0 Å². The van der Waals surface area contributed by atoms with Crippen molar-refractivity contribution in [1.29, 1.82) is 0 Å². The Kier molecular flexibility index (Phi) is 4.55. The van der Waals surface area contributed by atoms with Gasteiger partial charge in [-0.15, -0.1) is 0 Å². The lowest BCUT2D eigenvalue weighted by Gasteiger charge is -2.46. The third-order valence-electron chi connectivity index (χ3n) is 6.12. The van der Waals surface area contributed by atoms with Gasteiger partial charge in [0.1, 0.15) is 5.41 Å². The van der Waals surface area contributed by atoms with Crippen LogP contribution in [-0.4, -0.2) is 17.6 Å². The number of nitrogens with one attached hydrogen (secondary N) is 2. The molecule has 2 aliphatic rings. The second-order valence-corrected chi connectivity index (χ2v) is 7.81. The minimum atomic E-state index is -1.12. The lowest BCUT2D eigenvalue weighted by Crippen LogP contribution is -2.63. The van der Waals surface area contributed by atoms with Crippen LogP contribution in [0.2, 0.25) is 0 Å². The summed E-state index contributed by atoms with van der Waals surface area (Å²) in [5, 5.41) is 12.2. The van der Waals surface area contributed by atoms with Crippen LogP contribution < -0.4 is 15.6 Å². The zero-order valence-corrected chi connectivity index (χ0v) is 17.0. The van der Waals surface area contributed by atoms with Gasteiger partial charge in [-0.1, -0.05) is 78.9 Å². The third-order valence-corrected chi connectivity index (χ3v) is 6.12. The molecule has 0 aliphatic carbocycles. The number of carbonyl (C=O) groups excluding carboxylic acids is 2. The van der Waals surface area contributed by atoms with E-state index in [0.717, 1.165) is 11.1 Å². The third kappa shape index (κ3) is 2.91. The van der Waals surface area contributed by atoms with Gasteiger partial charge in [-0.05, 0) is 30.2 Å². The van der Waals surface area contributed by atoms with Crippen molar-refractivity contribution in [3.63, 3.8) is 0 Å². The van der Waals surface area contributed by atoms with Crippen LogP contribution in [0, 0.1) is 5.41 Å². The van der Waals surface area contributed by atoms with Crippen LogP contribution in [0.4, 0.5) is 10.5 Å². The molecular formula is C25H22N4O2. The van der Waals surface area contributed by atoms with Crippen LogP contribution in [0.5, 0.6) is 0 Å². The van der Waals surface area contributed by atoms with E-state index in [1.807, 2.05) is 97.9 Å². The predicted octanol–water partition coefficient (Wildman–Crippen LogP) is 4.19. The summed E-state index contributed by atoms with van der Waals surface area (Å²) in [6.07, 6.45) is 0. The Hall–Kier alpha value is -3.93. The summed E-state index contributed by atoms with van der Waals surface area (Å²) in [6.45, 7) is 1.87. The van der Waals surface area contributed by atoms with Crippen molar-refractivity contribution in [2.75, 3.05) is 5.01 Å². The molecule has 3 amide bonds. The van der Waals surface area contributed by atoms with Gasteiger partial charge in [-0.3, -0.25) is 4.79 Å². The Morgan fingerprint density at radius 2 is 1.19 bits per heavy atom. The molecule has 3 atom stereocenters. The van der Waals surface area contributed by atoms with Crippen molar-refractivity contribution in [3.05, 3.63) is 102 Å². The molecule has 0 bridgehead atoms. The number of hydrogen-bond acceptors (Lipinski definition) is 3. The second kappa shape index (κ2) is 7.40. The van der Waals surface area contributed by atoms with Gasteiger partial charge in [0.15, 0.2) is 0 Å². The van der Waals surface area contributed by atoms with E-state index in [1.54, 1.807) is 0 Å². The molecule has 0 saturated carbocycles. The molecule has 6 heteroatoms. The van der Waals surface area contributed by atoms with E-state index in [4.69, 9.17) is 5.10 Å². The number of rotatable bonds is 3. The average molecular weight is 410 g/mol. The average Bonchev–Trinajstić information content (AvgIpc) is 3.08. The van der Waals surface area contributed by atoms with E-state index >= 15 is 0 Å². The first-order chi connectivity index (χ1) is 15.1. The highest BCUT2D eigenvalue weighted by Gasteiger charge is 2.63. The Balaban J connectivity index is 1.72. The van der Waals surface area contributed by atoms with E-state index < -0.39 is 17.5 Å². The van der Waals surface area contributed by atoms with Gasteiger partial charge in [0, 0.05) is 0 Å². The first kappa shape index (κ1) is 19.1. The van der Waals surface area contributed by atoms with Crippen LogP contribution in [0.3, 0.4) is 0 Å². The molecule has 5 rings (SSSR count). The Morgan fingerprint density at radius 1 is 0.742 bits per heavy atom. The summed E-state index contributed by atoms with van der Waals surface area (Å²) < 4.78 is 0. The number of anilines is 1. The molecule has 0 radical (unpaired) electrons. The lowest BCUT2D eigenvalue weighted by molar-refractivity contribution is -0.127. The maximum atomic E-state index is 14.2. The number of urea groups is 1. The molecule has 3 aromatic rings. The van der Waals surface area contributed by atoms with Crippen molar-refractivity contribution in [2.24, 2.45) is 10.5 Å². The zero-order valence-electron chi connectivity index (χ0n) is 17.0. The zero-order chi connectivity index (χ0) is 21.4. The fourth-order valence-electron chi connectivity index (χ4n) is 4.70. The number of benzene rings is 3. The molecule has 1 saturated heterocycles. The highest BCUT2D eigenvalue weighted by Crippen LogP contribution is 2.52. The fraction of sp³-hybridized carbons (Fsp3) is 0.160. The number of carbonyl (C=O) groups is 2. The van der Waals surface area contributed by atoms with Crippen molar-refractivity contribution >= 4 is 23.3 Å². The molecule has 2 N–H and O–H groups in total. The van der Waals surface area contributed by atoms with E-state index in [2.05, 4.69) is 10.6 Å². The standard InChI is InChI=1S/C25H22N4O2/c1-17-25(23(30)29(28-17)20-15-9-4-10-16-20)21(18-11-5-2-6-12-18)26-24(31)27-22(25)19-13-7-3-8-14-19/h2-16,21-22H,1H3,(H2,26,27,31)/t21-,22+,25?. The topological polar surface area (TPSA) is 73.8 Å². The summed E-state index contributed by atoms with van der Waals surface area (Å²) in [5.41, 5.74) is 1.94. The van der Waals surface area contributed by atoms with Gasteiger partial charge in [0.2, 0.25) is 0 Å². The molecule has 2 aliphatic heterocycles.